The Hall–Kier alpha value is -2.78. The van der Waals surface area contributed by atoms with Crippen LogP contribution in [0.15, 0.2) is 57.8 Å². The number of carbonyl (C=O) groups excluding carboxylic acids is 1. The average molecular weight is 455 g/mol. The van der Waals surface area contributed by atoms with Gasteiger partial charge in [-0.3, -0.25) is 4.79 Å². The maximum absolute atomic E-state index is 13.3. The van der Waals surface area contributed by atoms with Crippen LogP contribution in [0.1, 0.15) is 35.9 Å². The molecule has 3 aromatic rings. The lowest BCUT2D eigenvalue weighted by Gasteiger charge is -2.35. The summed E-state index contributed by atoms with van der Waals surface area (Å²) in [5.74, 6) is 0.272. The molecule has 1 saturated heterocycles. The summed E-state index contributed by atoms with van der Waals surface area (Å²) < 4.78 is 29.8. The number of sulfonamides is 1. The van der Waals surface area contributed by atoms with E-state index < -0.39 is 10.0 Å². The molecule has 0 saturated carbocycles. The lowest BCUT2D eigenvalue weighted by atomic mass is 10.0. The molecule has 1 fully saturated rings. The van der Waals surface area contributed by atoms with Gasteiger partial charge >= 0.3 is 0 Å². The van der Waals surface area contributed by atoms with E-state index in [2.05, 4.69) is 10.5 Å². The zero-order chi connectivity index (χ0) is 21.6. The van der Waals surface area contributed by atoms with Gasteiger partial charge in [0.25, 0.3) is 10.0 Å². The molecule has 5 rings (SSSR count). The number of benzene rings is 2. The molecule has 1 aromatic heterocycles. The van der Waals surface area contributed by atoms with Crippen LogP contribution in [-0.2, 0) is 14.8 Å². The molecule has 2 aliphatic rings. The van der Waals surface area contributed by atoms with E-state index in [1.165, 1.54) is 0 Å². The minimum atomic E-state index is -3.72. The van der Waals surface area contributed by atoms with Gasteiger partial charge in [-0.1, -0.05) is 24.3 Å². The second kappa shape index (κ2) is 7.72. The number of nitrogens with zero attached hydrogens (tertiary/aromatic N) is 4. The van der Waals surface area contributed by atoms with Crippen molar-refractivity contribution in [1.82, 2.24) is 14.8 Å². The number of likely N-dealkylation sites (N-methyl/N-ethyl adjacent to an activating group) is 1. The Balaban J connectivity index is 1.39. The number of hydrogen-bond acceptors (Lipinski definition) is 6. The minimum absolute atomic E-state index is 0.0454. The maximum Gasteiger partial charge on any atom is 0.285 e. The first-order valence-corrected chi connectivity index (χ1v) is 12.5. The standard InChI is InChI=1S/C22H22N4O3S2/c1-25(21-15-8-2-5-12-19(15)31(28,29)24-21)14-20(27)26-13-7-6-10-17(26)22-23-16-9-3-4-11-18(16)30-22/h2-5,8-9,11-12,17H,6-7,10,13-14H2,1H3/t17-/m1/s1. The smallest absolute Gasteiger partial charge is 0.285 e. The summed E-state index contributed by atoms with van der Waals surface area (Å²) in [6.07, 6.45) is 2.89. The molecule has 0 bridgehead atoms. The summed E-state index contributed by atoms with van der Waals surface area (Å²) in [6.45, 7) is 0.735. The first-order chi connectivity index (χ1) is 14.9. The Morgan fingerprint density at radius 2 is 1.94 bits per heavy atom. The molecule has 0 N–H and O–H groups in total. The number of carbonyl (C=O) groups is 1. The summed E-state index contributed by atoms with van der Waals surface area (Å²) in [5, 5.41) is 0.961. The van der Waals surface area contributed by atoms with Crippen LogP contribution in [0.4, 0.5) is 0 Å². The molecule has 1 atom stereocenters. The van der Waals surface area contributed by atoms with E-state index in [9.17, 15) is 13.2 Å². The van der Waals surface area contributed by atoms with Crippen molar-refractivity contribution in [2.75, 3.05) is 20.1 Å². The van der Waals surface area contributed by atoms with Gasteiger partial charge in [-0.15, -0.1) is 15.7 Å². The van der Waals surface area contributed by atoms with Crippen molar-refractivity contribution in [2.45, 2.75) is 30.2 Å². The zero-order valence-corrected chi connectivity index (χ0v) is 18.7. The van der Waals surface area contributed by atoms with Crippen LogP contribution in [0, 0.1) is 0 Å². The Labute approximate surface area is 185 Å². The molecule has 0 unspecified atom stereocenters. The fraction of sp³-hybridized carbons (Fsp3) is 0.318. The molecule has 2 aliphatic heterocycles. The van der Waals surface area contributed by atoms with E-state index in [1.54, 1.807) is 47.5 Å². The third-order valence-electron chi connectivity index (χ3n) is 5.77. The lowest BCUT2D eigenvalue weighted by Crippen LogP contribution is -2.44. The summed E-state index contributed by atoms with van der Waals surface area (Å²) in [5.41, 5.74) is 1.50. The first kappa shape index (κ1) is 20.1. The SMILES string of the molecule is CN(CC(=O)N1CCCC[C@@H]1c1nc2ccccc2s1)C1=NS(=O)(=O)c2ccccc21. The van der Waals surface area contributed by atoms with Crippen molar-refractivity contribution in [3.63, 3.8) is 0 Å². The zero-order valence-electron chi connectivity index (χ0n) is 17.1. The van der Waals surface area contributed by atoms with Crippen LogP contribution >= 0.6 is 11.3 Å². The van der Waals surface area contributed by atoms with Crippen LogP contribution in [0.2, 0.25) is 0 Å². The molecule has 3 heterocycles. The van der Waals surface area contributed by atoms with Crippen molar-refractivity contribution in [3.8, 4) is 0 Å². The molecule has 160 valence electrons. The third-order valence-corrected chi connectivity index (χ3v) is 8.23. The number of piperidine rings is 1. The number of thiazole rings is 1. The molecule has 7 nitrogen and oxygen atoms in total. The highest BCUT2D eigenvalue weighted by Crippen LogP contribution is 2.36. The fourth-order valence-electron chi connectivity index (χ4n) is 4.25. The van der Waals surface area contributed by atoms with Crippen LogP contribution in [0.25, 0.3) is 10.2 Å². The van der Waals surface area contributed by atoms with Crippen LogP contribution in [-0.4, -0.2) is 55.1 Å². The quantitative estimate of drug-likeness (QED) is 0.606. The number of hydrogen-bond donors (Lipinski definition) is 0. The molecule has 0 radical (unpaired) electrons. The van der Waals surface area contributed by atoms with Gasteiger partial charge < -0.3 is 9.80 Å². The van der Waals surface area contributed by atoms with Gasteiger partial charge in [0.1, 0.15) is 9.90 Å². The molecule has 1 amide bonds. The van der Waals surface area contributed by atoms with Gasteiger partial charge in [0.15, 0.2) is 5.84 Å². The van der Waals surface area contributed by atoms with E-state index in [0.29, 0.717) is 17.9 Å². The summed E-state index contributed by atoms with van der Waals surface area (Å²) in [4.78, 5) is 21.8. The van der Waals surface area contributed by atoms with Gasteiger partial charge in [-0.05, 0) is 43.5 Å². The monoisotopic (exact) mass is 454 g/mol. The van der Waals surface area contributed by atoms with Crippen molar-refractivity contribution in [2.24, 2.45) is 4.40 Å². The molecule has 0 spiro atoms. The van der Waals surface area contributed by atoms with Crippen molar-refractivity contribution >= 4 is 43.3 Å². The molecular weight excluding hydrogens is 432 g/mol. The highest BCUT2D eigenvalue weighted by Gasteiger charge is 2.34. The molecular formula is C22H22N4O3S2. The first-order valence-electron chi connectivity index (χ1n) is 10.2. The second-order valence-electron chi connectivity index (χ2n) is 7.86. The van der Waals surface area contributed by atoms with Crippen LogP contribution in [0.3, 0.4) is 0 Å². The molecule has 0 aliphatic carbocycles. The van der Waals surface area contributed by atoms with Gasteiger partial charge in [0.05, 0.1) is 22.8 Å². The van der Waals surface area contributed by atoms with Gasteiger partial charge in [0.2, 0.25) is 5.91 Å². The summed E-state index contributed by atoms with van der Waals surface area (Å²) in [7, 11) is -2.00. The van der Waals surface area contributed by atoms with Gasteiger partial charge in [0, 0.05) is 19.2 Å². The topological polar surface area (TPSA) is 82.9 Å². The van der Waals surface area contributed by atoms with Crippen molar-refractivity contribution in [1.29, 1.82) is 0 Å². The molecule has 9 heteroatoms. The average Bonchev–Trinajstić information content (AvgIpc) is 3.33. The summed E-state index contributed by atoms with van der Waals surface area (Å²) in [6, 6.07) is 14.7. The van der Waals surface area contributed by atoms with E-state index in [0.717, 1.165) is 34.5 Å². The Morgan fingerprint density at radius 1 is 1.16 bits per heavy atom. The van der Waals surface area contributed by atoms with Crippen molar-refractivity contribution in [3.05, 3.63) is 59.1 Å². The van der Waals surface area contributed by atoms with Crippen LogP contribution in [0.5, 0.6) is 0 Å². The number of aromatic nitrogens is 1. The van der Waals surface area contributed by atoms with E-state index in [1.807, 2.05) is 23.1 Å². The highest BCUT2D eigenvalue weighted by molar-refractivity contribution is 7.90. The molecule has 31 heavy (non-hydrogen) atoms. The van der Waals surface area contributed by atoms with Crippen molar-refractivity contribution < 1.29 is 13.2 Å². The molecule has 2 aromatic carbocycles. The number of rotatable bonds is 3. The normalized spacial score (nSPS) is 19.8. The lowest BCUT2D eigenvalue weighted by molar-refractivity contribution is -0.135. The predicted octanol–water partition coefficient (Wildman–Crippen LogP) is 3.43. The fourth-order valence-corrected chi connectivity index (χ4v) is 6.62. The number of para-hydroxylation sites is 1. The number of likely N-dealkylation sites (tertiary alicyclic amines) is 1. The summed E-state index contributed by atoms with van der Waals surface area (Å²) >= 11 is 1.64. The largest absolute Gasteiger partial charge is 0.349 e. The van der Waals surface area contributed by atoms with Gasteiger partial charge in [-0.25, -0.2) is 4.98 Å². The maximum atomic E-state index is 13.3. The van der Waals surface area contributed by atoms with E-state index >= 15 is 0 Å². The second-order valence-corrected chi connectivity index (χ2v) is 10.5. The Bertz CT molecular complexity index is 1270. The Morgan fingerprint density at radius 3 is 2.77 bits per heavy atom. The number of amidine groups is 1. The minimum Gasteiger partial charge on any atom is -0.349 e. The van der Waals surface area contributed by atoms with E-state index in [-0.39, 0.29) is 23.4 Å². The Kier molecular flexibility index (Phi) is 5.02. The predicted molar refractivity (Wildman–Crippen MR) is 121 cm³/mol. The van der Waals surface area contributed by atoms with Gasteiger partial charge in [-0.2, -0.15) is 8.42 Å². The van der Waals surface area contributed by atoms with E-state index in [4.69, 9.17) is 4.98 Å². The van der Waals surface area contributed by atoms with Crippen LogP contribution < -0.4 is 0 Å². The third kappa shape index (κ3) is 3.61. The number of fused-ring (bicyclic) bond motifs is 2. The number of amides is 1. The highest BCUT2D eigenvalue weighted by atomic mass is 32.2.